The Morgan fingerprint density at radius 1 is 1.24 bits per heavy atom. The van der Waals surface area contributed by atoms with Gasteiger partial charge in [-0.1, -0.05) is 26.0 Å². The summed E-state index contributed by atoms with van der Waals surface area (Å²) in [6.07, 6.45) is 2.15. The Kier molecular flexibility index (Phi) is 7.50. The lowest BCUT2D eigenvalue weighted by atomic mass is 10.0. The summed E-state index contributed by atoms with van der Waals surface area (Å²) >= 11 is 0. The molecule has 0 saturated carbocycles. The minimum absolute atomic E-state index is 0.0472. The van der Waals surface area contributed by atoms with E-state index in [0.717, 1.165) is 11.3 Å². The van der Waals surface area contributed by atoms with Crippen molar-refractivity contribution in [3.63, 3.8) is 0 Å². The molecule has 0 fully saturated rings. The molecule has 0 spiro atoms. The summed E-state index contributed by atoms with van der Waals surface area (Å²) in [5.41, 5.74) is 1.66. The van der Waals surface area contributed by atoms with Crippen molar-refractivity contribution in [2.45, 2.75) is 39.5 Å². The first-order valence-electron chi connectivity index (χ1n) is 8.46. The second-order valence-electron chi connectivity index (χ2n) is 6.23. The molecule has 3 N–H and O–H groups in total. The predicted molar refractivity (Wildman–Crippen MR) is 96.1 cm³/mol. The van der Waals surface area contributed by atoms with E-state index in [1.54, 1.807) is 6.26 Å². The van der Waals surface area contributed by atoms with Crippen LogP contribution >= 0.6 is 0 Å². The normalized spacial score (nSPS) is 12.2. The Labute approximate surface area is 148 Å². The number of rotatable bonds is 9. The van der Waals surface area contributed by atoms with Crippen LogP contribution in [0.25, 0.3) is 0 Å². The number of hydrogen-bond donors (Lipinski definition) is 3. The maximum absolute atomic E-state index is 12.1. The number of ether oxygens (including phenoxy) is 1. The van der Waals surface area contributed by atoms with Gasteiger partial charge in [-0.15, -0.1) is 0 Å². The third kappa shape index (κ3) is 6.60. The molecule has 1 atom stereocenters. The fourth-order valence-electron chi connectivity index (χ4n) is 2.45. The van der Waals surface area contributed by atoms with Gasteiger partial charge in [-0.3, -0.25) is 0 Å². The van der Waals surface area contributed by atoms with Crippen molar-refractivity contribution in [1.82, 2.24) is 5.32 Å². The molecule has 1 heterocycles. The van der Waals surface area contributed by atoms with Crippen molar-refractivity contribution >= 4 is 11.7 Å². The van der Waals surface area contributed by atoms with Gasteiger partial charge in [0.25, 0.3) is 0 Å². The summed E-state index contributed by atoms with van der Waals surface area (Å²) in [6, 6.07) is 10.8. The molecule has 0 radical (unpaired) electrons. The van der Waals surface area contributed by atoms with Gasteiger partial charge in [0.05, 0.1) is 12.9 Å². The second-order valence-corrected chi connectivity index (χ2v) is 6.23. The molecule has 2 aromatic rings. The Bertz CT molecular complexity index is 641. The minimum Gasteiger partial charge on any atom is -0.467 e. The van der Waals surface area contributed by atoms with E-state index in [1.807, 2.05) is 50.2 Å². The number of aliphatic hydroxyl groups excluding tert-OH is 1. The molecular formula is C19H26N2O4. The first-order chi connectivity index (χ1) is 12.1. The lowest BCUT2D eigenvalue weighted by Gasteiger charge is -2.21. The van der Waals surface area contributed by atoms with Gasteiger partial charge in [0, 0.05) is 18.3 Å². The van der Waals surface area contributed by atoms with Crippen LogP contribution in [0.2, 0.25) is 0 Å². The lowest BCUT2D eigenvalue weighted by molar-refractivity contribution is 0.0930. The number of furan rings is 1. The SMILES string of the molecule is CC(C)C(CCO)NC(=O)Nc1cccc(COCc2ccco2)c1. The standard InChI is InChI=1S/C19H26N2O4/c1-14(2)18(8-9-22)21-19(23)20-16-6-3-5-15(11-16)12-24-13-17-7-4-10-25-17/h3-7,10-11,14,18,22H,8-9,12-13H2,1-2H3,(H2,20,21,23). The molecule has 6 nitrogen and oxygen atoms in total. The number of carbonyl (C=O) groups excluding carboxylic acids is 1. The molecule has 1 unspecified atom stereocenters. The number of anilines is 1. The van der Waals surface area contributed by atoms with Gasteiger partial charge in [0.1, 0.15) is 12.4 Å². The maximum Gasteiger partial charge on any atom is 0.319 e. The number of amides is 2. The third-order valence-corrected chi connectivity index (χ3v) is 3.84. The molecule has 6 heteroatoms. The summed E-state index contributed by atoms with van der Waals surface area (Å²) in [4.78, 5) is 12.1. The van der Waals surface area contributed by atoms with Crippen LogP contribution < -0.4 is 10.6 Å². The minimum atomic E-state index is -0.277. The highest BCUT2D eigenvalue weighted by Crippen LogP contribution is 2.13. The number of nitrogens with one attached hydrogen (secondary N) is 2. The molecule has 2 rings (SSSR count). The van der Waals surface area contributed by atoms with Gasteiger partial charge >= 0.3 is 6.03 Å². The van der Waals surface area contributed by atoms with Crippen molar-refractivity contribution in [3.8, 4) is 0 Å². The first kappa shape index (κ1) is 19.0. The van der Waals surface area contributed by atoms with E-state index in [9.17, 15) is 4.79 Å². The zero-order valence-electron chi connectivity index (χ0n) is 14.7. The van der Waals surface area contributed by atoms with Crippen molar-refractivity contribution in [1.29, 1.82) is 0 Å². The average Bonchev–Trinajstić information content (AvgIpc) is 3.08. The van der Waals surface area contributed by atoms with E-state index in [1.165, 1.54) is 0 Å². The van der Waals surface area contributed by atoms with Gasteiger partial charge in [-0.05, 0) is 42.2 Å². The smallest absolute Gasteiger partial charge is 0.319 e. The fourth-order valence-corrected chi connectivity index (χ4v) is 2.45. The Morgan fingerprint density at radius 2 is 2.08 bits per heavy atom. The van der Waals surface area contributed by atoms with Gasteiger partial charge in [-0.25, -0.2) is 4.79 Å². The number of hydrogen-bond acceptors (Lipinski definition) is 4. The summed E-state index contributed by atoms with van der Waals surface area (Å²) < 4.78 is 10.8. The highest BCUT2D eigenvalue weighted by atomic mass is 16.5. The largest absolute Gasteiger partial charge is 0.467 e. The van der Waals surface area contributed by atoms with Crippen molar-refractivity contribution in [2.75, 3.05) is 11.9 Å². The Morgan fingerprint density at radius 3 is 2.76 bits per heavy atom. The molecule has 1 aromatic carbocycles. The predicted octanol–water partition coefficient (Wildman–Crippen LogP) is 3.52. The van der Waals surface area contributed by atoms with Gasteiger partial charge < -0.3 is 24.9 Å². The van der Waals surface area contributed by atoms with E-state index < -0.39 is 0 Å². The summed E-state index contributed by atoms with van der Waals surface area (Å²) in [5, 5.41) is 14.8. The molecule has 0 saturated heterocycles. The van der Waals surface area contributed by atoms with Crippen LogP contribution in [0.1, 0.15) is 31.6 Å². The number of urea groups is 1. The average molecular weight is 346 g/mol. The van der Waals surface area contributed by atoms with Crippen LogP contribution in [0.5, 0.6) is 0 Å². The first-order valence-corrected chi connectivity index (χ1v) is 8.46. The van der Waals surface area contributed by atoms with E-state index in [4.69, 9.17) is 14.3 Å². The van der Waals surface area contributed by atoms with Crippen LogP contribution in [-0.2, 0) is 18.0 Å². The number of benzene rings is 1. The Hall–Kier alpha value is -2.31. The summed E-state index contributed by atoms with van der Waals surface area (Å²) in [7, 11) is 0. The molecular weight excluding hydrogens is 320 g/mol. The monoisotopic (exact) mass is 346 g/mol. The van der Waals surface area contributed by atoms with E-state index in [-0.39, 0.29) is 24.6 Å². The van der Waals surface area contributed by atoms with Gasteiger partial charge in [0.15, 0.2) is 0 Å². The van der Waals surface area contributed by atoms with Gasteiger partial charge in [-0.2, -0.15) is 0 Å². The van der Waals surface area contributed by atoms with Crippen LogP contribution in [0.3, 0.4) is 0 Å². The molecule has 0 aliphatic rings. The molecule has 0 aliphatic heterocycles. The maximum atomic E-state index is 12.1. The van der Waals surface area contributed by atoms with E-state index >= 15 is 0 Å². The van der Waals surface area contributed by atoms with Gasteiger partial charge in [0.2, 0.25) is 0 Å². The number of aliphatic hydroxyl groups is 1. The highest BCUT2D eigenvalue weighted by Gasteiger charge is 2.15. The van der Waals surface area contributed by atoms with E-state index in [0.29, 0.717) is 25.3 Å². The highest BCUT2D eigenvalue weighted by molar-refractivity contribution is 5.89. The zero-order chi connectivity index (χ0) is 18.1. The molecule has 25 heavy (non-hydrogen) atoms. The summed E-state index contributed by atoms with van der Waals surface area (Å²) in [5.74, 6) is 1.02. The fraction of sp³-hybridized carbons (Fsp3) is 0.421. The third-order valence-electron chi connectivity index (χ3n) is 3.84. The molecule has 1 aromatic heterocycles. The molecule has 0 bridgehead atoms. The molecule has 2 amide bonds. The van der Waals surface area contributed by atoms with Crippen LogP contribution in [0.15, 0.2) is 47.1 Å². The van der Waals surface area contributed by atoms with Crippen LogP contribution in [-0.4, -0.2) is 23.8 Å². The lowest BCUT2D eigenvalue weighted by Crippen LogP contribution is -2.41. The van der Waals surface area contributed by atoms with E-state index in [2.05, 4.69) is 10.6 Å². The number of carbonyl (C=O) groups is 1. The topological polar surface area (TPSA) is 83.7 Å². The van der Waals surface area contributed by atoms with Crippen molar-refractivity contribution in [3.05, 3.63) is 54.0 Å². The Balaban J connectivity index is 1.84. The van der Waals surface area contributed by atoms with Crippen molar-refractivity contribution < 1.29 is 19.1 Å². The zero-order valence-corrected chi connectivity index (χ0v) is 14.7. The molecule has 136 valence electrons. The second kappa shape index (κ2) is 9.86. The van der Waals surface area contributed by atoms with Crippen LogP contribution in [0, 0.1) is 5.92 Å². The van der Waals surface area contributed by atoms with Crippen molar-refractivity contribution in [2.24, 2.45) is 5.92 Å². The quantitative estimate of drug-likeness (QED) is 0.648. The summed E-state index contributed by atoms with van der Waals surface area (Å²) in [6.45, 7) is 4.90. The molecule has 0 aliphatic carbocycles. The van der Waals surface area contributed by atoms with Crippen LogP contribution in [0.4, 0.5) is 10.5 Å².